The second-order valence-corrected chi connectivity index (χ2v) is 3.33. The monoisotopic (exact) mass is 244 g/mol. The van der Waals surface area contributed by atoms with E-state index in [9.17, 15) is 4.79 Å². The first-order valence-corrected chi connectivity index (χ1v) is 4.57. The number of ether oxygens (including phenoxy) is 1. The van der Waals surface area contributed by atoms with Crippen LogP contribution in [0.5, 0.6) is 0 Å². The Bertz CT molecular complexity index is 272. The van der Waals surface area contributed by atoms with Crippen LogP contribution in [0.2, 0.25) is 0 Å². The molecule has 72 valence electrons. The molecule has 1 aromatic rings. The van der Waals surface area contributed by atoms with Crippen molar-refractivity contribution in [3.05, 3.63) is 33.8 Å². The first-order chi connectivity index (χ1) is 6.17. The van der Waals surface area contributed by atoms with Crippen molar-refractivity contribution in [1.29, 1.82) is 0 Å². The Hall–Kier alpha value is -0.670. The van der Waals surface area contributed by atoms with E-state index in [1.54, 1.807) is 20.3 Å². The number of rotatable bonds is 1. The Labute approximate surface area is 87.0 Å². The van der Waals surface area contributed by atoms with Crippen molar-refractivity contribution in [3.8, 4) is 0 Å². The van der Waals surface area contributed by atoms with E-state index in [1.807, 2.05) is 19.1 Å². The predicted molar refractivity (Wildman–Crippen MR) is 57.2 cm³/mol. The molecule has 0 saturated carbocycles. The summed E-state index contributed by atoms with van der Waals surface area (Å²) in [5.74, 6) is 0. The first kappa shape index (κ1) is 12.3. The van der Waals surface area contributed by atoms with E-state index >= 15 is 0 Å². The average Bonchev–Trinajstić information content (AvgIpc) is 2.11. The summed E-state index contributed by atoms with van der Waals surface area (Å²) in [5.41, 5.74) is 1.74. The summed E-state index contributed by atoms with van der Waals surface area (Å²) in [4.78, 5) is 10.4. The molecule has 3 heteroatoms. The van der Waals surface area contributed by atoms with Crippen LogP contribution in [0.3, 0.4) is 0 Å². The van der Waals surface area contributed by atoms with E-state index in [2.05, 4.69) is 20.7 Å². The van der Waals surface area contributed by atoms with Gasteiger partial charge in [0.2, 0.25) is 0 Å². The Morgan fingerprint density at radius 2 is 1.92 bits per heavy atom. The van der Waals surface area contributed by atoms with E-state index < -0.39 is 0 Å². The highest BCUT2D eigenvalue weighted by Crippen LogP contribution is 2.17. The molecule has 0 bridgehead atoms. The van der Waals surface area contributed by atoms with E-state index in [4.69, 9.17) is 0 Å². The van der Waals surface area contributed by atoms with Crippen molar-refractivity contribution in [2.24, 2.45) is 0 Å². The van der Waals surface area contributed by atoms with Crippen molar-refractivity contribution < 1.29 is 9.53 Å². The molecule has 0 N–H and O–H groups in total. The van der Waals surface area contributed by atoms with Gasteiger partial charge in [0.25, 0.3) is 0 Å². The van der Waals surface area contributed by atoms with E-state index in [0.717, 1.165) is 21.9 Å². The number of hydrogen-bond acceptors (Lipinski definition) is 2. The van der Waals surface area contributed by atoms with Gasteiger partial charge >= 0.3 is 0 Å². The second kappa shape index (κ2) is 6.80. The van der Waals surface area contributed by atoms with Crippen molar-refractivity contribution >= 4 is 22.2 Å². The van der Waals surface area contributed by atoms with Gasteiger partial charge in [-0.05, 0) is 18.6 Å². The van der Waals surface area contributed by atoms with Gasteiger partial charge in [-0.15, -0.1) is 0 Å². The van der Waals surface area contributed by atoms with Gasteiger partial charge in [-0.1, -0.05) is 28.1 Å². The minimum Gasteiger partial charge on any atom is -0.388 e. The summed E-state index contributed by atoms with van der Waals surface area (Å²) < 4.78 is 5.23. The number of aldehydes is 1. The number of benzene rings is 1. The van der Waals surface area contributed by atoms with Crippen LogP contribution in [-0.2, 0) is 4.74 Å². The molecule has 0 aliphatic carbocycles. The smallest absolute Gasteiger partial charge is 0.150 e. The number of carbonyl (C=O) groups excluding carboxylic acids is 1. The van der Waals surface area contributed by atoms with Gasteiger partial charge in [0.15, 0.2) is 0 Å². The maximum Gasteiger partial charge on any atom is 0.150 e. The lowest BCUT2D eigenvalue weighted by molar-refractivity contribution is 0.112. The molecule has 2 nitrogen and oxygen atoms in total. The fourth-order valence-corrected chi connectivity index (χ4v) is 1.13. The summed E-state index contributed by atoms with van der Waals surface area (Å²) in [6, 6.07) is 5.57. The zero-order chi connectivity index (χ0) is 10.3. The summed E-state index contributed by atoms with van der Waals surface area (Å²) in [6.45, 7) is 1.91. The molecule has 1 aromatic carbocycles. The molecule has 0 saturated heterocycles. The van der Waals surface area contributed by atoms with Gasteiger partial charge in [-0.2, -0.15) is 0 Å². The van der Waals surface area contributed by atoms with Gasteiger partial charge in [-0.3, -0.25) is 4.79 Å². The molecule has 0 radical (unpaired) electrons. The van der Waals surface area contributed by atoms with Crippen LogP contribution in [-0.4, -0.2) is 20.5 Å². The average molecular weight is 245 g/mol. The van der Waals surface area contributed by atoms with Crippen molar-refractivity contribution in [3.63, 3.8) is 0 Å². The number of hydrogen-bond donors (Lipinski definition) is 0. The van der Waals surface area contributed by atoms with Gasteiger partial charge < -0.3 is 4.74 Å². The van der Waals surface area contributed by atoms with E-state index in [1.165, 1.54) is 0 Å². The zero-order valence-electron chi connectivity index (χ0n) is 8.00. The summed E-state index contributed by atoms with van der Waals surface area (Å²) in [6.07, 6.45) is 0.861. The van der Waals surface area contributed by atoms with Crippen LogP contribution in [0.1, 0.15) is 15.9 Å². The molecule has 1 rings (SSSR count). The highest BCUT2D eigenvalue weighted by atomic mass is 79.9. The Morgan fingerprint density at radius 3 is 2.31 bits per heavy atom. The van der Waals surface area contributed by atoms with Gasteiger partial charge in [-0.25, -0.2) is 0 Å². The molecule has 0 heterocycles. The maximum atomic E-state index is 10.4. The highest BCUT2D eigenvalue weighted by molar-refractivity contribution is 9.10. The van der Waals surface area contributed by atoms with E-state index in [-0.39, 0.29) is 0 Å². The molecule has 0 fully saturated rings. The Kier molecular flexibility index (Phi) is 6.45. The third kappa shape index (κ3) is 4.20. The molecular formula is C10H13BrO2. The molecule has 0 unspecified atom stereocenters. The zero-order valence-corrected chi connectivity index (χ0v) is 9.59. The van der Waals surface area contributed by atoms with Crippen LogP contribution in [0.25, 0.3) is 0 Å². The van der Waals surface area contributed by atoms with Gasteiger partial charge in [0.05, 0.1) is 0 Å². The van der Waals surface area contributed by atoms with Crippen LogP contribution < -0.4 is 0 Å². The molecule has 0 aromatic heterocycles. The standard InChI is InChI=1S/C8H7BrO.C2H6O/c1-6-7(5-10)3-2-4-8(6)9;1-3-2/h2-5H,1H3;1-2H3. The molecule has 0 aliphatic heterocycles. The SMILES string of the molecule is COC.Cc1c(Br)cccc1C=O. The van der Waals surface area contributed by atoms with Crippen LogP contribution in [0.4, 0.5) is 0 Å². The van der Waals surface area contributed by atoms with Gasteiger partial charge in [0, 0.05) is 24.3 Å². The minimum atomic E-state index is 0.745. The Balaban J connectivity index is 0.000000424. The molecule has 0 aliphatic rings. The normalized spacial score (nSPS) is 8.62. The van der Waals surface area contributed by atoms with E-state index in [0.29, 0.717) is 0 Å². The molecule has 0 amide bonds. The molecule has 0 atom stereocenters. The van der Waals surface area contributed by atoms with Crippen LogP contribution >= 0.6 is 15.9 Å². The Morgan fingerprint density at radius 1 is 1.38 bits per heavy atom. The van der Waals surface area contributed by atoms with Crippen molar-refractivity contribution in [2.75, 3.05) is 14.2 Å². The van der Waals surface area contributed by atoms with Crippen LogP contribution in [0.15, 0.2) is 22.7 Å². The second-order valence-electron chi connectivity index (χ2n) is 2.48. The predicted octanol–water partition coefficient (Wildman–Crippen LogP) is 2.83. The third-order valence-electron chi connectivity index (χ3n) is 1.44. The number of carbonyl (C=O) groups is 1. The van der Waals surface area contributed by atoms with Gasteiger partial charge in [0.1, 0.15) is 6.29 Å². The maximum absolute atomic E-state index is 10.4. The topological polar surface area (TPSA) is 26.3 Å². The first-order valence-electron chi connectivity index (χ1n) is 3.77. The van der Waals surface area contributed by atoms with Crippen molar-refractivity contribution in [2.45, 2.75) is 6.92 Å². The lowest BCUT2D eigenvalue weighted by Crippen LogP contribution is -1.85. The lowest BCUT2D eigenvalue weighted by Gasteiger charge is -1.98. The molecule has 0 spiro atoms. The molecule has 13 heavy (non-hydrogen) atoms. The minimum absolute atomic E-state index is 0.745. The summed E-state index contributed by atoms with van der Waals surface area (Å²) >= 11 is 3.33. The number of halogens is 1. The third-order valence-corrected chi connectivity index (χ3v) is 2.30. The molecular weight excluding hydrogens is 232 g/mol. The number of methoxy groups -OCH3 is 1. The fraction of sp³-hybridized carbons (Fsp3) is 0.300. The fourth-order valence-electron chi connectivity index (χ4n) is 0.752. The van der Waals surface area contributed by atoms with Crippen molar-refractivity contribution in [1.82, 2.24) is 0 Å². The highest BCUT2D eigenvalue weighted by Gasteiger charge is 1.97. The van der Waals surface area contributed by atoms with Crippen LogP contribution in [0, 0.1) is 6.92 Å². The lowest BCUT2D eigenvalue weighted by atomic mass is 10.1. The summed E-state index contributed by atoms with van der Waals surface area (Å²) in [7, 11) is 3.25. The summed E-state index contributed by atoms with van der Waals surface area (Å²) in [5, 5.41) is 0. The quantitative estimate of drug-likeness (QED) is 0.711. The largest absolute Gasteiger partial charge is 0.388 e.